The van der Waals surface area contributed by atoms with Gasteiger partial charge in [-0.15, -0.1) is 0 Å². The van der Waals surface area contributed by atoms with Gasteiger partial charge < -0.3 is 10.2 Å². The van der Waals surface area contributed by atoms with Crippen molar-refractivity contribution in [3.05, 3.63) is 0 Å². The van der Waals surface area contributed by atoms with Crippen molar-refractivity contribution in [1.82, 2.24) is 0 Å². The number of hydrogen-bond donors (Lipinski definition) is 2. The Labute approximate surface area is 107 Å². The first kappa shape index (κ1) is 13.4. The fourth-order valence-corrected chi connectivity index (χ4v) is 4.19. The molecule has 0 aromatic carbocycles. The second kappa shape index (κ2) is 3.49. The topological polar surface area (TPSA) is 74.6 Å². The summed E-state index contributed by atoms with van der Waals surface area (Å²) >= 11 is 0. The maximum Gasteiger partial charge on any atom is 0.310 e. The molecule has 2 unspecified atom stereocenters. The zero-order chi connectivity index (χ0) is 13.9. The molecule has 2 N–H and O–H groups in total. The lowest BCUT2D eigenvalue weighted by atomic mass is 9.62. The van der Waals surface area contributed by atoms with Crippen LogP contribution in [0, 0.1) is 28.1 Å². The Hall–Kier alpha value is -1.06. The van der Waals surface area contributed by atoms with Crippen LogP contribution in [-0.4, -0.2) is 22.2 Å². The molecule has 2 saturated carbocycles. The van der Waals surface area contributed by atoms with Crippen molar-refractivity contribution in [2.24, 2.45) is 28.1 Å². The summed E-state index contributed by atoms with van der Waals surface area (Å²) < 4.78 is 0. The lowest BCUT2D eigenvalue weighted by Gasteiger charge is -2.40. The van der Waals surface area contributed by atoms with Crippen LogP contribution < -0.4 is 0 Å². The summed E-state index contributed by atoms with van der Waals surface area (Å²) in [7, 11) is 0. The number of rotatable bonds is 3. The number of carboxylic acid groups (broad SMARTS) is 2. The van der Waals surface area contributed by atoms with E-state index in [-0.39, 0.29) is 17.3 Å². The molecule has 2 atom stereocenters. The molecule has 2 aliphatic carbocycles. The van der Waals surface area contributed by atoms with Crippen LogP contribution in [0.3, 0.4) is 0 Å². The van der Waals surface area contributed by atoms with Crippen molar-refractivity contribution in [1.29, 1.82) is 0 Å². The summed E-state index contributed by atoms with van der Waals surface area (Å²) in [6.07, 6.45) is 1.63. The second-order valence-corrected chi connectivity index (χ2v) is 6.96. The molecule has 0 aliphatic heterocycles. The van der Waals surface area contributed by atoms with Gasteiger partial charge in [0, 0.05) is 0 Å². The Bertz CT molecular complexity index is 393. The van der Waals surface area contributed by atoms with Crippen molar-refractivity contribution < 1.29 is 19.8 Å². The van der Waals surface area contributed by atoms with Crippen molar-refractivity contribution in [2.45, 2.75) is 47.0 Å². The van der Waals surface area contributed by atoms with Crippen LogP contribution in [0.5, 0.6) is 0 Å². The van der Waals surface area contributed by atoms with E-state index in [0.29, 0.717) is 19.3 Å². The van der Waals surface area contributed by atoms with Gasteiger partial charge in [-0.1, -0.05) is 27.7 Å². The Kier molecular flexibility index (Phi) is 2.59. The molecule has 4 heteroatoms. The highest BCUT2D eigenvalue weighted by Gasteiger charge is 2.77. The molecule has 0 radical (unpaired) electrons. The average molecular weight is 254 g/mol. The first-order valence-corrected chi connectivity index (χ1v) is 6.60. The first-order valence-electron chi connectivity index (χ1n) is 6.60. The minimum Gasteiger partial charge on any atom is -0.481 e. The van der Waals surface area contributed by atoms with E-state index in [1.165, 1.54) is 0 Å². The molecule has 2 fully saturated rings. The molecule has 2 aliphatic rings. The van der Waals surface area contributed by atoms with E-state index in [9.17, 15) is 19.8 Å². The predicted molar refractivity (Wildman–Crippen MR) is 66.1 cm³/mol. The molecule has 102 valence electrons. The first-order chi connectivity index (χ1) is 8.13. The summed E-state index contributed by atoms with van der Waals surface area (Å²) in [6, 6.07) is 0. The molecular weight excluding hydrogens is 232 g/mol. The smallest absolute Gasteiger partial charge is 0.310 e. The standard InChI is InChI=1S/C14H22O4/c1-5-14(11(17)18)8-6-13(10(15)16,7-9(8)14)12(2,3)4/h8-9H,5-7H2,1-4H3,(H,15,16)(H,17,18). The van der Waals surface area contributed by atoms with Crippen LogP contribution in [-0.2, 0) is 9.59 Å². The molecule has 0 amide bonds. The number of aliphatic carboxylic acids is 2. The fourth-order valence-electron chi connectivity index (χ4n) is 4.19. The molecule has 0 aromatic heterocycles. The molecule has 0 bridgehead atoms. The van der Waals surface area contributed by atoms with E-state index in [1.807, 2.05) is 27.7 Å². The van der Waals surface area contributed by atoms with Crippen molar-refractivity contribution in [3.8, 4) is 0 Å². The number of carboxylic acids is 2. The van der Waals surface area contributed by atoms with Crippen molar-refractivity contribution in [2.75, 3.05) is 0 Å². The third-order valence-electron chi connectivity index (χ3n) is 5.66. The molecule has 0 saturated heterocycles. The van der Waals surface area contributed by atoms with E-state index < -0.39 is 22.8 Å². The lowest BCUT2D eigenvalue weighted by Crippen LogP contribution is -2.44. The van der Waals surface area contributed by atoms with E-state index in [0.717, 1.165) is 0 Å². The molecule has 2 rings (SSSR count). The van der Waals surface area contributed by atoms with Crippen LogP contribution in [0.4, 0.5) is 0 Å². The SMILES string of the molecule is CCC1(C(=O)O)C2CC(C(=O)O)(C(C)(C)C)CC21. The number of fused-ring (bicyclic) bond motifs is 1. The highest BCUT2D eigenvalue weighted by Crippen LogP contribution is 2.75. The minimum absolute atomic E-state index is 0.0512. The Morgan fingerprint density at radius 1 is 1.11 bits per heavy atom. The van der Waals surface area contributed by atoms with Crippen LogP contribution in [0.1, 0.15) is 47.0 Å². The van der Waals surface area contributed by atoms with Gasteiger partial charge in [0.1, 0.15) is 0 Å². The molecule has 0 spiro atoms. The van der Waals surface area contributed by atoms with Gasteiger partial charge >= 0.3 is 11.9 Å². The maximum atomic E-state index is 11.7. The van der Waals surface area contributed by atoms with Crippen LogP contribution in [0.25, 0.3) is 0 Å². The molecule has 18 heavy (non-hydrogen) atoms. The van der Waals surface area contributed by atoms with Gasteiger partial charge in [-0.25, -0.2) is 0 Å². The average Bonchev–Trinajstić information content (AvgIpc) is 2.64. The maximum absolute atomic E-state index is 11.7. The Balaban J connectivity index is 2.28. The molecule has 0 heterocycles. The van der Waals surface area contributed by atoms with Gasteiger partial charge in [0.15, 0.2) is 0 Å². The summed E-state index contributed by atoms with van der Waals surface area (Å²) in [6.45, 7) is 7.73. The number of carbonyl (C=O) groups is 2. The monoisotopic (exact) mass is 254 g/mol. The fraction of sp³-hybridized carbons (Fsp3) is 0.857. The van der Waals surface area contributed by atoms with Gasteiger partial charge in [0.25, 0.3) is 0 Å². The van der Waals surface area contributed by atoms with E-state index in [1.54, 1.807) is 0 Å². The lowest BCUT2D eigenvalue weighted by molar-refractivity contribution is -0.160. The van der Waals surface area contributed by atoms with Crippen LogP contribution in [0.15, 0.2) is 0 Å². The predicted octanol–water partition coefficient (Wildman–Crippen LogP) is 2.62. The Morgan fingerprint density at radius 3 is 1.78 bits per heavy atom. The van der Waals surface area contributed by atoms with E-state index >= 15 is 0 Å². The Morgan fingerprint density at radius 2 is 1.56 bits per heavy atom. The highest BCUT2D eigenvalue weighted by atomic mass is 16.4. The zero-order valence-corrected chi connectivity index (χ0v) is 11.5. The van der Waals surface area contributed by atoms with E-state index in [4.69, 9.17) is 0 Å². The normalized spacial score (nSPS) is 42.4. The highest BCUT2D eigenvalue weighted by molar-refractivity contribution is 5.83. The van der Waals surface area contributed by atoms with Crippen molar-refractivity contribution in [3.63, 3.8) is 0 Å². The number of hydrogen-bond acceptors (Lipinski definition) is 2. The summed E-state index contributed by atoms with van der Waals surface area (Å²) in [5, 5.41) is 18.9. The van der Waals surface area contributed by atoms with Crippen molar-refractivity contribution >= 4 is 11.9 Å². The van der Waals surface area contributed by atoms with E-state index in [2.05, 4.69) is 0 Å². The third kappa shape index (κ3) is 1.32. The van der Waals surface area contributed by atoms with Gasteiger partial charge in [-0.05, 0) is 36.5 Å². The summed E-state index contributed by atoms with van der Waals surface area (Å²) in [5.41, 5.74) is -1.72. The van der Waals surface area contributed by atoms with Crippen LogP contribution >= 0.6 is 0 Å². The molecule has 0 aromatic rings. The summed E-state index contributed by atoms with van der Waals surface area (Å²) in [5.74, 6) is -1.41. The summed E-state index contributed by atoms with van der Waals surface area (Å²) in [4.78, 5) is 23.1. The second-order valence-electron chi connectivity index (χ2n) is 6.96. The van der Waals surface area contributed by atoms with Gasteiger partial charge in [-0.3, -0.25) is 9.59 Å². The van der Waals surface area contributed by atoms with Crippen LogP contribution in [0.2, 0.25) is 0 Å². The largest absolute Gasteiger partial charge is 0.481 e. The minimum atomic E-state index is -0.766. The zero-order valence-electron chi connectivity index (χ0n) is 11.5. The quantitative estimate of drug-likeness (QED) is 0.811. The molecular formula is C14H22O4. The molecule has 4 nitrogen and oxygen atoms in total. The van der Waals surface area contributed by atoms with Gasteiger partial charge in [0.2, 0.25) is 0 Å². The van der Waals surface area contributed by atoms with Gasteiger partial charge in [-0.2, -0.15) is 0 Å². The van der Waals surface area contributed by atoms with Gasteiger partial charge in [0.05, 0.1) is 10.8 Å². The third-order valence-corrected chi connectivity index (χ3v) is 5.66.